The third-order valence-corrected chi connectivity index (χ3v) is 4.82. The van der Waals surface area contributed by atoms with Gasteiger partial charge in [0.05, 0.1) is 6.54 Å². The van der Waals surface area contributed by atoms with Crippen LogP contribution >= 0.6 is 0 Å². The summed E-state index contributed by atoms with van der Waals surface area (Å²) in [4.78, 5) is 12.6. The minimum Gasteiger partial charge on any atom is -0.486 e. The van der Waals surface area contributed by atoms with Gasteiger partial charge in [0.15, 0.2) is 0 Å². The predicted molar refractivity (Wildman–Crippen MR) is 119 cm³/mol. The Kier molecular flexibility index (Phi) is 8.53. The molecule has 1 unspecified atom stereocenters. The molecule has 10 heteroatoms. The number of hydrogen-bond acceptors (Lipinski definition) is 5. The van der Waals surface area contributed by atoms with Crippen LogP contribution in [0.4, 0.5) is 17.6 Å². The molecule has 0 fully saturated rings. The molecule has 35 heavy (non-hydrogen) atoms. The van der Waals surface area contributed by atoms with Gasteiger partial charge in [-0.15, -0.1) is 13.2 Å². The molecule has 3 rings (SSSR count). The monoisotopic (exact) mass is 493 g/mol. The van der Waals surface area contributed by atoms with E-state index in [2.05, 4.69) is 4.74 Å². The van der Waals surface area contributed by atoms with Gasteiger partial charge in [-0.1, -0.05) is 12.1 Å². The first kappa shape index (κ1) is 25.8. The van der Waals surface area contributed by atoms with E-state index in [0.717, 1.165) is 17.7 Å². The number of benzene rings is 3. The fourth-order valence-electron chi connectivity index (χ4n) is 3.21. The van der Waals surface area contributed by atoms with Crippen molar-refractivity contribution in [2.24, 2.45) is 0 Å². The third-order valence-electron chi connectivity index (χ3n) is 4.82. The first-order valence-corrected chi connectivity index (χ1v) is 10.5. The van der Waals surface area contributed by atoms with E-state index in [1.807, 2.05) is 0 Å². The number of likely N-dealkylation sites (N-methyl/N-ethyl adjacent to an activating group) is 1. The van der Waals surface area contributed by atoms with Gasteiger partial charge in [0, 0.05) is 13.0 Å². The summed E-state index contributed by atoms with van der Waals surface area (Å²) in [5, 5.41) is 8.94. The van der Waals surface area contributed by atoms with Gasteiger partial charge in [-0.05, 0) is 73.3 Å². The number of carbonyl (C=O) groups is 1. The molecule has 0 aliphatic rings. The largest absolute Gasteiger partial charge is 0.573 e. The SMILES string of the molecule is CN(CCC(Oc1ccc(Oc2ccc(OC(F)(F)F)cc2)cc1)c1ccc(F)cc1)CC(=O)O. The van der Waals surface area contributed by atoms with Gasteiger partial charge in [0.1, 0.15) is 34.9 Å². The highest BCUT2D eigenvalue weighted by Crippen LogP contribution is 2.30. The van der Waals surface area contributed by atoms with Crippen molar-refractivity contribution in [3.63, 3.8) is 0 Å². The van der Waals surface area contributed by atoms with Crippen LogP contribution in [-0.4, -0.2) is 42.5 Å². The Hall–Kier alpha value is -3.79. The van der Waals surface area contributed by atoms with Crippen LogP contribution in [0.25, 0.3) is 0 Å². The zero-order valence-corrected chi connectivity index (χ0v) is 18.7. The fraction of sp³-hybridized carbons (Fsp3) is 0.240. The number of halogens is 4. The average molecular weight is 493 g/mol. The highest BCUT2D eigenvalue weighted by Gasteiger charge is 2.31. The van der Waals surface area contributed by atoms with Crippen molar-refractivity contribution in [3.8, 4) is 23.0 Å². The van der Waals surface area contributed by atoms with Crippen molar-refractivity contribution in [2.45, 2.75) is 18.9 Å². The van der Waals surface area contributed by atoms with E-state index in [1.54, 1.807) is 48.3 Å². The molecule has 0 saturated heterocycles. The maximum atomic E-state index is 13.4. The molecule has 0 bridgehead atoms. The second-order valence-corrected chi connectivity index (χ2v) is 7.67. The Labute approximate surface area is 199 Å². The Bertz CT molecular complexity index is 1090. The molecule has 0 radical (unpaired) electrons. The summed E-state index contributed by atoms with van der Waals surface area (Å²) in [6.07, 6.45) is -4.77. The Balaban J connectivity index is 1.65. The third kappa shape index (κ3) is 8.82. The predicted octanol–water partition coefficient (Wildman–Crippen LogP) is 6.04. The lowest BCUT2D eigenvalue weighted by molar-refractivity contribution is -0.274. The molecule has 186 valence electrons. The Morgan fingerprint density at radius 2 is 1.40 bits per heavy atom. The Morgan fingerprint density at radius 3 is 1.91 bits per heavy atom. The number of alkyl halides is 3. The van der Waals surface area contributed by atoms with Crippen LogP contribution in [0.5, 0.6) is 23.0 Å². The summed E-state index contributed by atoms with van der Waals surface area (Å²) in [5.74, 6) is -0.420. The maximum Gasteiger partial charge on any atom is 0.573 e. The van der Waals surface area contributed by atoms with Gasteiger partial charge < -0.3 is 19.3 Å². The second kappa shape index (κ2) is 11.6. The minimum atomic E-state index is -4.77. The zero-order chi connectivity index (χ0) is 25.4. The van der Waals surface area contributed by atoms with Crippen LogP contribution in [0.2, 0.25) is 0 Å². The van der Waals surface area contributed by atoms with Crippen molar-refractivity contribution in [1.82, 2.24) is 4.90 Å². The van der Waals surface area contributed by atoms with Crippen molar-refractivity contribution in [3.05, 3.63) is 84.2 Å². The second-order valence-electron chi connectivity index (χ2n) is 7.67. The van der Waals surface area contributed by atoms with E-state index in [0.29, 0.717) is 30.2 Å². The fourth-order valence-corrected chi connectivity index (χ4v) is 3.21. The molecule has 3 aromatic carbocycles. The lowest BCUT2D eigenvalue weighted by atomic mass is 10.1. The van der Waals surface area contributed by atoms with Crippen LogP contribution in [0, 0.1) is 5.82 Å². The standard InChI is InChI=1S/C25H23F4NO5/c1-30(16-24(31)32)15-14-23(17-2-4-18(26)5-3-17)34-21-8-6-19(7-9-21)33-20-10-12-22(13-11-20)35-25(27,28)29/h2-13,23H,14-16H2,1H3,(H,31,32). The molecule has 0 aliphatic heterocycles. The zero-order valence-electron chi connectivity index (χ0n) is 18.7. The number of nitrogens with zero attached hydrogens (tertiary/aromatic N) is 1. The van der Waals surface area contributed by atoms with E-state index in [4.69, 9.17) is 14.6 Å². The first-order valence-electron chi connectivity index (χ1n) is 10.5. The molecule has 1 atom stereocenters. The minimum absolute atomic E-state index is 0.120. The van der Waals surface area contributed by atoms with Crippen LogP contribution in [0.15, 0.2) is 72.8 Å². The van der Waals surface area contributed by atoms with Crippen molar-refractivity contribution >= 4 is 5.97 Å². The topological polar surface area (TPSA) is 68.2 Å². The van der Waals surface area contributed by atoms with Gasteiger partial charge in [-0.25, -0.2) is 4.39 Å². The summed E-state index contributed by atoms with van der Waals surface area (Å²) in [5.41, 5.74) is 0.733. The highest BCUT2D eigenvalue weighted by molar-refractivity contribution is 5.69. The molecule has 0 aromatic heterocycles. The smallest absolute Gasteiger partial charge is 0.486 e. The van der Waals surface area contributed by atoms with Gasteiger partial charge >= 0.3 is 12.3 Å². The molecule has 1 N–H and O–H groups in total. The number of ether oxygens (including phenoxy) is 3. The molecule has 6 nitrogen and oxygen atoms in total. The van der Waals surface area contributed by atoms with Crippen LogP contribution in [0.1, 0.15) is 18.1 Å². The summed E-state index contributed by atoms with van der Waals surface area (Å²) in [7, 11) is 1.68. The van der Waals surface area contributed by atoms with Crippen LogP contribution in [0.3, 0.4) is 0 Å². The van der Waals surface area contributed by atoms with Gasteiger partial charge in [0.2, 0.25) is 0 Å². The van der Waals surface area contributed by atoms with Crippen molar-refractivity contribution in [1.29, 1.82) is 0 Å². The molecular weight excluding hydrogens is 470 g/mol. The highest BCUT2D eigenvalue weighted by atomic mass is 19.4. The molecular formula is C25H23F4NO5. The molecule has 0 aliphatic carbocycles. The molecule has 3 aromatic rings. The summed E-state index contributed by atoms with van der Waals surface area (Å²) in [6, 6.07) is 17.5. The van der Waals surface area contributed by atoms with Gasteiger partial charge in [-0.2, -0.15) is 0 Å². The molecule has 0 heterocycles. The lowest BCUT2D eigenvalue weighted by Crippen LogP contribution is -2.28. The van der Waals surface area contributed by atoms with Crippen LogP contribution < -0.4 is 14.2 Å². The molecule has 0 saturated carbocycles. The summed E-state index contributed by atoms with van der Waals surface area (Å²) in [6.45, 7) is 0.315. The van der Waals surface area contributed by atoms with E-state index in [1.165, 1.54) is 24.3 Å². The maximum absolute atomic E-state index is 13.4. The summed E-state index contributed by atoms with van der Waals surface area (Å²) < 4.78 is 65.7. The van der Waals surface area contributed by atoms with Crippen molar-refractivity contribution in [2.75, 3.05) is 20.1 Å². The lowest BCUT2D eigenvalue weighted by Gasteiger charge is -2.22. The van der Waals surface area contributed by atoms with Gasteiger partial charge in [0.25, 0.3) is 0 Å². The van der Waals surface area contributed by atoms with E-state index in [9.17, 15) is 22.4 Å². The average Bonchev–Trinajstić information content (AvgIpc) is 2.78. The van der Waals surface area contributed by atoms with Gasteiger partial charge in [-0.3, -0.25) is 9.69 Å². The number of carboxylic acid groups (broad SMARTS) is 1. The number of rotatable bonds is 11. The van der Waals surface area contributed by atoms with Crippen molar-refractivity contribution < 1.29 is 41.7 Å². The number of hydrogen-bond donors (Lipinski definition) is 1. The summed E-state index contributed by atoms with van der Waals surface area (Å²) >= 11 is 0. The first-order chi connectivity index (χ1) is 16.6. The molecule has 0 amide bonds. The van der Waals surface area contributed by atoms with E-state index in [-0.39, 0.29) is 18.1 Å². The molecule has 0 spiro atoms. The number of carboxylic acids is 1. The van der Waals surface area contributed by atoms with E-state index >= 15 is 0 Å². The van der Waals surface area contributed by atoms with E-state index < -0.39 is 18.4 Å². The quantitative estimate of drug-likeness (QED) is 0.329. The number of aliphatic carboxylic acids is 1. The normalized spacial score (nSPS) is 12.3. The Morgan fingerprint density at radius 1 is 0.886 bits per heavy atom. The van der Waals surface area contributed by atoms with Crippen LogP contribution in [-0.2, 0) is 4.79 Å².